The number of nitrogens with zero attached hydrogens (tertiary/aromatic N) is 3. The third-order valence-corrected chi connectivity index (χ3v) is 2.48. The van der Waals surface area contributed by atoms with E-state index in [9.17, 15) is 4.79 Å². The smallest absolute Gasteiger partial charge is 0.236 e. The van der Waals surface area contributed by atoms with Crippen LogP contribution in [0.15, 0.2) is 0 Å². The molecule has 1 amide bonds. The quantitative estimate of drug-likeness (QED) is 0.605. The lowest BCUT2D eigenvalue weighted by Gasteiger charge is -2.36. The molecule has 1 unspecified atom stereocenters. The van der Waals surface area contributed by atoms with Crippen molar-refractivity contribution in [2.45, 2.75) is 19.4 Å². The van der Waals surface area contributed by atoms with Gasteiger partial charge in [0, 0.05) is 32.6 Å². The third kappa shape index (κ3) is 2.43. The Labute approximate surface area is 78.7 Å². The van der Waals surface area contributed by atoms with Gasteiger partial charge < -0.3 is 4.90 Å². The van der Waals surface area contributed by atoms with Crippen molar-refractivity contribution in [1.29, 1.82) is 5.26 Å². The summed E-state index contributed by atoms with van der Waals surface area (Å²) in [5.41, 5.74) is 0. The minimum absolute atomic E-state index is 0.150. The minimum atomic E-state index is 0.150. The normalized spacial score (nSPS) is 24.5. The van der Waals surface area contributed by atoms with Gasteiger partial charge in [-0.2, -0.15) is 5.26 Å². The highest BCUT2D eigenvalue weighted by Crippen LogP contribution is 2.08. The molecular weight excluding hydrogens is 166 g/mol. The average Bonchev–Trinajstić information content (AvgIpc) is 2.10. The van der Waals surface area contributed by atoms with E-state index in [0.29, 0.717) is 19.5 Å². The van der Waals surface area contributed by atoms with E-state index in [-0.39, 0.29) is 11.9 Å². The van der Waals surface area contributed by atoms with Gasteiger partial charge in [-0.3, -0.25) is 9.69 Å². The fraction of sp³-hybridized carbons (Fsp3) is 0.778. The van der Waals surface area contributed by atoms with Crippen molar-refractivity contribution in [2.24, 2.45) is 0 Å². The Balaban J connectivity index is 2.45. The van der Waals surface area contributed by atoms with E-state index in [4.69, 9.17) is 5.26 Å². The number of amides is 1. The molecule has 1 rings (SSSR count). The molecule has 1 aliphatic heterocycles. The third-order valence-electron chi connectivity index (χ3n) is 2.48. The molecular formula is C9H15N3O. The standard InChI is InChI=1S/C9H15N3O/c1-8-6-12(5-3-4-10)7-9(13)11(8)2/h8H,3,5-7H2,1-2H3. The molecule has 1 fully saturated rings. The van der Waals surface area contributed by atoms with E-state index in [1.165, 1.54) is 0 Å². The van der Waals surface area contributed by atoms with Crippen LogP contribution in [-0.2, 0) is 4.79 Å². The van der Waals surface area contributed by atoms with Gasteiger partial charge in [0.2, 0.25) is 5.91 Å². The van der Waals surface area contributed by atoms with Crippen LogP contribution in [0.4, 0.5) is 0 Å². The molecule has 0 aromatic rings. The fourth-order valence-electron chi connectivity index (χ4n) is 1.49. The second kappa shape index (κ2) is 4.24. The zero-order chi connectivity index (χ0) is 9.84. The largest absolute Gasteiger partial charge is 0.341 e. The van der Waals surface area contributed by atoms with Crippen molar-refractivity contribution >= 4 is 5.91 Å². The van der Waals surface area contributed by atoms with Crippen LogP contribution in [0.5, 0.6) is 0 Å². The summed E-state index contributed by atoms with van der Waals surface area (Å²) in [5.74, 6) is 0.150. The molecule has 0 N–H and O–H groups in total. The second-order valence-corrected chi connectivity index (χ2v) is 3.50. The van der Waals surface area contributed by atoms with Gasteiger partial charge in [0.15, 0.2) is 0 Å². The van der Waals surface area contributed by atoms with Gasteiger partial charge in [-0.1, -0.05) is 0 Å². The second-order valence-electron chi connectivity index (χ2n) is 3.50. The summed E-state index contributed by atoms with van der Waals surface area (Å²) in [7, 11) is 1.83. The Morgan fingerprint density at radius 1 is 1.69 bits per heavy atom. The maximum Gasteiger partial charge on any atom is 0.236 e. The van der Waals surface area contributed by atoms with Crippen molar-refractivity contribution in [3.05, 3.63) is 0 Å². The molecule has 0 aromatic heterocycles. The molecule has 0 saturated carbocycles. The lowest BCUT2D eigenvalue weighted by molar-refractivity contribution is -0.137. The number of likely N-dealkylation sites (N-methyl/N-ethyl adjacent to an activating group) is 1. The first kappa shape index (κ1) is 10.0. The Morgan fingerprint density at radius 3 is 2.92 bits per heavy atom. The van der Waals surface area contributed by atoms with E-state index in [1.807, 2.05) is 18.9 Å². The average molecular weight is 181 g/mol. The molecule has 0 spiro atoms. The predicted molar refractivity (Wildman–Crippen MR) is 48.9 cm³/mol. The SMILES string of the molecule is CC1CN(CCC#N)CC(=O)N1C. The van der Waals surface area contributed by atoms with Crippen LogP contribution < -0.4 is 0 Å². The van der Waals surface area contributed by atoms with Gasteiger partial charge in [0.05, 0.1) is 12.6 Å². The molecule has 1 saturated heterocycles. The number of hydrogen-bond donors (Lipinski definition) is 0. The molecule has 0 aromatic carbocycles. The predicted octanol–water partition coefficient (Wildman–Crippen LogP) is 0.0626. The molecule has 4 heteroatoms. The van der Waals surface area contributed by atoms with Gasteiger partial charge in [-0.05, 0) is 6.92 Å². The molecule has 72 valence electrons. The first-order valence-corrected chi connectivity index (χ1v) is 4.50. The number of carbonyl (C=O) groups excluding carboxylic acids is 1. The minimum Gasteiger partial charge on any atom is -0.341 e. The Bertz CT molecular complexity index is 234. The van der Waals surface area contributed by atoms with E-state index >= 15 is 0 Å². The molecule has 1 heterocycles. The van der Waals surface area contributed by atoms with Crippen LogP contribution in [0.1, 0.15) is 13.3 Å². The summed E-state index contributed by atoms with van der Waals surface area (Å²) in [6.45, 7) is 4.07. The Hall–Kier alpha value is -1.08. The number of nitriles is 1. The van der Waals surface area contributed by atoms with Crippen molar-refractivity contribution in [3.8, 4) is 6.07 Å². The van der Waals surface area contributed by atoms with Gasteiger partial charge >= 0.3 is 0 Å². The molecule has 13 heavy (non-hydrogen) atoms. The Kier molecular flexibility index (Phi) is 3.26. The molecule has 4 nitrogen and oxygen atoms in total. The van der Waals surface area contributed by atoms with Gasteiger partial charge in [0.25, 0.3) is 0 Å². The zero-order valence-corrected chi connectivity index (χ0v) is 8.16. The first-order chi connectivity index (χ1) is 6.15. The van der Waals surface area contributed by atoms with Crippen LogP contribution in [0.25, 0.3) is 0 Å². The highest BCUT2D eigenvalue weighted by atomic mass is 16.2. The molecule has 1 atom stereocenters. The van der Waals surface area contributed by atoms with Crippen LogP contribution in [0.2, 0.25) is 0 Å². The summed E-state index contributed by atoms with van der Waals surface area (Å²) in [6.07, 6.45) is 0.504. The van der Waals surface area contributed by atoms with Crippen molar-refractivity contribution < 1.29 is 4.79 Å². The summed E-state index contributed by atoms with van der Waals surface area (Å²) < 4.78 is 0. The highest BCUT2D eigenvalue weighted by molar-refractivity contribution is 5.79. The fourth-order valence-corrected chi connectivity index (χ4v) is 1.49. The topological polar surface area (TPSA) is 47.3 Å². The summed E-state index contributed by atoms with van der Waals surface area (Å²) in [5, 5.41) is 8.41. The number of rotatable bonds is 2. The van der Waals surface area contributed by atoms with E-state index in [1.54, 1.807) is 4.90 Å². The molecule has 1 aliphatic rings. The summed E-state index contributed by atoms with van der Waals surface area (Å²) in [4.78, 5) is 15.2. The number of piperazine rings is 1. The lowest BCUT2D eigenvalue weighted by atomic mass is 10.2. The van der Waals surface area contributed by atoms with Crippen molar-refractivity contribution in [1.82, 2.24) is 9.80 Å². The van der Waals surface area contributed by atoms with Crippen LogP contribution in [0.3, 0.4) is 0 Å². The van der Waals surface area contributed by atoms with E-state index in [2.05, 4.69) is 6.07 Å². The summed E-state index contributed by atoms with van der Waals surface area (Å²) >= 11 is 0. The summed E-state index contributed by atoms with van der Waals surface area (Å²) in [6, 6.07) is 2.35. The van der Waals surface area contributed by atoms with Crippen LogP contribution >= 0.6 is 0 Å². The van der Waals surface area contributed by atoms with Crippen LogP contribution in [0, 0.1) is 11.3 Å². The molecule has 0 aliphatic carbocycles. The van der Waals surface area contributed by atoms with Gasteiger partial charge in [0.1, 0.15) is 0 Å². The number of carbonyl (C=O) groups is 1. The van der Waals surface area contributed by atoms with E-state index < -0.39 is 0 Å². The molecule has 0 bridgehead atoms. The first-order valence-electron chi connectivity index (χ1n) is 4.50. The Morgan fingerprint density at radius 2 is 2.38 bits per heavy atom. The maximum absolute atomic E-state index is 11.4. The van der Waals surface area contributed by atoms with Gasteiger partial charge in [-0.15, -0.1) is 0 Å². The zero-order valence-electron chi connectivity index (χ0n) is 8.16. The van der Waals surface area contributed by atoms with Crippen molar-refractivity contribution in [2.75, 3.05) is 26.7 Å². The monoisotopic (exact) mass is 181 g/mol. The highest BCUT2D eigenvalue weighted by Gasteiger charge is 2.25. The molecule has 0 radical (unpaired) electrons. The van der Waals surface area contributed by atoms with Crippen molar-refractivity contribution in [3.63, 3.8) is 0 Å². The lowest BCUT2D eigenvalue weighted by Crippen LogP contribution is -2.53. The number of hydrogen-bond acceptors (Lipinski definition) is 3. The van der Waals surface area contributed by atoms with Gasteiger partial charge in [-0.25, -0.2) is 0 Å². The van der Waals surface area contributed by atoms with E-state index in [0.717, 1.165) is 6.54 Å². The van der Waals surface area contributed by atoms with Crippen LogP contribution in [-0.4, -0.2) is 48.4 Å². The maximum atomic E-state index is 11.4.